The zero-order chi connectivity index (χ0) is 23.3. The molecule has 2 N–H and O–H groups in total. The van der Waals surface area contributed by atoms with Gasteiger partial charge in [-0.05, 0) is 80.6 Å². The van der Waals surface area contributed by atoms with Crippen molar-refractivity contribution in [2.45, 2.75) is 83.8 Å². The van der Waals surface area contributed by atoms with Crippen molar-refractivity contribution in [1.82, 2.24) is 4.90 Å². The van der Waals surface area contributed by atoms with Crippen molar-refractivity contribution in [2.75, 3.05) is 19.6 Å². The van der Waals surface area contributed by atoms with Crippen LogP contribution in [0.4, 0.5) is 8.78 Å². The summed E-state index contributed by atoms with van der Waals surface area (Å²) >= 11 is 0. The van der Waals surface area contributed by atoms with Crippen molar-refractivity contribution < 1.29 is 19.0 Å². The number of likely N-dealkylation sites (tertiary alicyclic amines) is 1. The van der Waals surface area contributed by atoms with E-state index in [1.165, 1.54) is 31.3 Å². The molecular weight excluding hydrogens is 408 g/mol. The van der Waals surface area contributed by atoms with Crippen LogP contribution >= 0.6 is 0 Å². The van der Waals surface area contributed by atoms with Gasteiger partial charge in [-0.15, -0.1) is 0 Å². The van der Waals surface area contributed by atoms with Crippen LogP contribution in [0.15, 0.2) is 35.5 Å². The predicted octanol–water partition coefficient (Wildman–Crippen LogP) is 5.35. The number of nitrogens with zero attached hydrogens (tertiary/aromatic N) is 1. The van der Waals surface area contributed by atoms with Gasteiger partial charge in [-0.2, -0.15) is 0 Å². The Kier molecular flexibility index (Phi) is 6.75. The number of alkyl halides is 2. The first-order chi connectivity index (χ1) is 15.0. The Hall–Kier alpha value is -1.04. The van der Waals surface area contributed by atoms with E-state index in [1.807, 2.05) is 0 Å². The molecule has 5 heteroatoms. The standard InChI is InChI=1S/C27H41F2NO2/c1-17(14-30-15-21(16-30)27(4,28)29)22-9-10-23-20(6-5-11-26(22,23)3)8-7-19-12-24(31)18(2)25(32)13-19/h7-8,17,21-25,31-32H,2,5-6,9-16H2,1,3-4H3/t17?,22-,23+,24-,25-,26-/m1/s1. The maximum absolute atomic E-state index is 13.5. The van der Waals surface area contributed by atoms with Gasteiger partial charge in [-0.3, -0.25) is 0 Å². The SMILES string of the molecule is C=C1[C@H](O)CC(=CC=C2CCC[C@]3(C)[C@@H](C(C)CN4CC(C(C)(F)F)C4)CC[C@@H]23)C[C@H]1O. The molecule has 0 radical (unpaired) electrons. The minimum Gasteiger partial charge on any atom is -0.388 e. The summed E-state index contributed by atoms with van der Waals surface area (Å²) in [4.78, 5) is 2.22. The van der Waals surface area contributed by atoms with Crippen LogP contribution in [0, 0.1) is 29.1 Å². The van der Waals surface area contributed by atoms with Crippen LogP contribution in [0.5, 0.6) is 0 Å². The summed E-state index contributed by atoms with van der Waals surface area (Å²) in [6.07, 6.45) is 10.2. The molecule has 0 bridgehead atoms. The first-order valence-corrected chi connectivity index (χ1v) is 12.5. The Balaban J connectivity index is 1.40. The number of aliphatic hydroxyl groups is 2. The van der Waals surface area contributed by atoms with Crippen LogP contribution in [-0.2, 0) is 0 Å². The van der Waals surface area contributed by atoms with Gasteiger partial charge in [-0.1, -0.05) is 43.7 Å². The molecular formula is C27H41F2NO2. The quantitative estimate of drug-likeness (QED) is 0.556. The van der Waals surface area contributed by atoms with Crippen LogP contribution in [0.3, 0.4) is 0 Å². The fraction of sp³-hybridized carbons (Fsp3) is 0.778. The summed E-state index contributed by atoms with van der Waals surface area (Å²) in [6.45, 7) is 11.6. The first kappa shape index (κ1) is 24.1. The third-order valence-electron chi connectivity index (χ3n) is 9.25. The molecule has 0 aromatic rings. The van der Waals surface area contributed by atoms with Crippen molar-refractivity contribution in [3.63, 3.8) is 0 Å². The molecule has 1 unspecified atom stereocenters. The summed E-state index contributed by atoms with van der Waals surface area (Å²) in [7, 11) is 0. The normalized spacial score (nSPS) is 39.2. The average Bonchev–Trinajstić information content (AvgIpc) is 3.03. The zero-order valence-corrected chi connectivity index (χ0v) is 20.0. The molecule has 3 nitrogen and oxygen atoms in total. The molecule has 1 aliphatic heterocycles. The first-order valence-electron chi connectivity index (χ1n) is 12.5. The van der Waals surface area contributed by atoms with Gasteiger partial charge >= 0.3 is 0 Å². The van der Waals surface area contributed by atoms with E-state index in [0.29, 0.717) is 49.3 Å². The lowest BCUT2D eigenvalue weighted by Gasteiger charge is -2.47. The molecule has 4 aliphatic rings. The second-order valence-electron chi connectivity index (χ2n) is 11.5. The van der Waals surface area contributed by atoms with Crippen molar-refractivity contribution in [1.29, 1.82) is 0 Å². The maximum Gasteiger partial charge on any atom is 0.250 e. The second-order valence-corrected chi connectivity index (χ2v) is 11.5. The number of rotatable bonds is 5. The van der Waals surface area contributed by atoms with Gasteiger partial charge in [0.05, 0.1) is 12.2 Å². The Labute approximate surface area is 192 Å². The van der Waals surface area contributed by atoms with Crippen LogP contribution in [0.2, 0.25) is 0 Å². The topological polar surface area (TPSA) is 43.7 Å². The average molecular weight is 450 g/mol. The predicted molar refractivity (Wildman–Crippen MR) is 124 cm³/mol. The lowest BCUT2D eigenvalue weighted by Crippen LogP contribution is -2.55. The van der Waals surface area contributed by atoms with E-state index >= 15 is 0 Å². The van der Waals surface area contributed by atoms with Gasteiger partial charge in [0.1, 0.15) is 0 Å². The van der Waals surface area contributed by atoms with E-state index in [9.17, 15) is 19.0 Å². The monoisotopic (exact) mass is 449 g/mol. The molecule has 0 aromatic carbocycles. The summed E-state index contributed by atoms with van der Waals surface area (Å²) in [5.41, 5.74) is 3.42. The Bertz CT molecular complexity index is 763. The molecule has 3 aliphatic carbocycles. The van der Waals surface area contributed by atoms with Gasteiger partial charge < -0.3 is 15.1 Å². The van der Waals surface area contributed by atoms with Crippen LogP contribution in [0.1, 0.15) is 65.7 Å². The van der Waals surface area contributed by atoms with E-state index in [-0.39, 0.29) is 5.41 Å². The Morgan fingerprint density at radius 3 is 2.47 bits per heavy atom. The zero-order valence-electron chi connectivity index (χ0n) is 20.0. The number of aliphatic hydroxyl groups excluding tert-OH is 2. The highest BCUT2D eigenvalue weighted by atomic mass is 19.3. The van der Waals surface area contributed by atoms with Crippen molar-refractivity contribution >= 4 is 0 Å². The van der Waals surface area contributed by atoms with Gasteiger partial charge in [-0.25, -0.2) is 8.78 Å². The smallest absolute Gasteiger partial charge is 0.250 e. The van der Waals surface area contributed by atoms with Gasteiger partial charge in [0.15, 0.2) is 0 Å². The number of halogens is 2. The lowest BCUT2D eigenvalue weighted by atomic mass is 9.61. The number of hydrogen-bond donors (Lipinski definition) is 2. The molecule has 4 rings (SSSR count). The third kappa shape index (κ3) is 4.63. The van der Waals surface area contributed by atoms with Gasteiger partial charge in [0, 0.05) is 25.6 Å². The van der Waals surface area contributed by atoms with Crippen LogP contribution < -0.4 is 0 Å². The fourth-order valence-electron chi connectivity index (χ4n) is 7.21. The molecule has 0 amide bonds. The highest BCUT2D eigenvalue weighted by Gasteiger charge is 2.51. The van der Waals surface area contributed by atoms with E-state index in [0.717, 1.165) is 25.5 Å². The number of hydrogen-bond acceptors (Lipinski definition) is 3. The molecule has 32 heavy (non-hydrogen) atoms. The third-order valence-corrected chi connectivity index (χ3v) is 9.25. The lowest BCUT2D eigenvalue weighted by molar-refractivity contribution is -0.109. The van der Waals surface area contributed by atoms with E-state index in [1.54, 1.807) is 0 Å². The minimum absolute atomic E-state index is 0.279. The maximum atomic E-state index is 13.5. The summed E-state index contributed by atoms with van der Waals surface area (Å²) in [5.74, 6) is -1.30. The van der Waals surface area contributed by atoms with Crippen LogP contribution in [-0.4, -0.2) is 52.9 Å². The largest absolute Gasteiger partial charge is 0.388 e. The molecule has 1 heterocycles. The minimum atomic E-state index is -2.56. The fourth-order valence-corrected chi connectivity index (χ4v) is 7.21. The summed E-state index contributed by atoms with van der Waals surface area (Å²) in [6, 6.07) is 0. The molecule has 0 spiro atoms. The number of fused-ring (bicyclic) bond motifs is 1. The van der Waals surface area contributed by atoms with E-state index < -0.39 is 24.0 Å². The molecule has 6 atom stereocenters. The molecule has 0 aromatic heterocycles. The van der Waals surface area contributed by atoms with E-state index in [4.69, 9.17) is 0 Å². The highest BCUT2D eigenvalue weighted by Crippen LogP contribution is 2.59. The Morgan fingerprint density at radius 2 is 1.84 bits per heavy atom. The van der Waals surface area contributed by atoms with Crippen molar-refractivity contribution in [2.24, 2.45) is 29.1 Å². The molecule has 3 saturated carbocycles. The number of allylic oxidation sites excluding steroid dienone is 3. The van der Waals surface area contributed by atoms with E-state index in [2.05, 4.69) is 37.5 Å². The molecule has 1 saturated heterocycles. The molecule has 4 fully saturated rings. The highest BCUT2D eigenvalue weighted by molar-refractivity contribution is 5.29. The summed E-state index contributed by atoms with van der Waals surface area (Å²) in [5, 5.41) is 20.3. The van der Waals surface area contributed by atoms with Gasteiger partial charge in [0.2, 0.25) is 0 Å². The van der Waals surface area contributed by atoms with Crippen molar-refractivity contribution in [3.8, 4) is 0 Å². The van der Waals surface area contributed by atoms with Crippen LogP contribution in [0.25, 0.3) is 0 Å². The van der Waals surface area contributed by atoms with Gasteiger partial charge in [0.25, 0.3) is 5.92 Å². The van der Waals surface area contributed by atoms with Crippen molar-refractivity contribution in [3.05, 3.63) is 35.5 Å². The summed E-state index contributed by atoms with van der Waals surface area (Å²) < 4.78 is 27.0. The molecule has 180 valence electrons. The second kappa shape index (κ2) is 8.96. The Morgan fingerprint density at radius 1 is 1.19 bits per heavy atom.